The first-order chi connectivity index (χ1) is 13.0. The summed E-state index contributed by atoms with van der Waals surface area (Å²) in [5, 5.41) is 1.58. The van der Waals surface area contributed by atoms with Gasteiger partial charge in [0.25, 0.3) is 10.0 Å². The van der Waals surface area contributed by atoms with Gasteiger partial charge in [-0.15, -0.1) is 0 Å². The summed E-state index contributed by atoms with van der Waals surface area (Å²) in [6.45, 7) is 5.52. The summed E-state index contributed by atoms with van der Waals surface area (Å²) in [7, 11) is -3.76. The van der Waals surface area contributed by atoms with Gasteiger partial charge >= 0.3 is 0 Å². The predicted octanol–water partition coefficient (Wildman–Crippen LogP) is 3.65. The molecule has 0 unspecified atom stereocenters. The molecule has 27 heavy (non-hydrogen) atoms. The van der Waals surface area contributed by atoms with Crippen LogP contribution >= 0.6 is 0 Å². The number of sulfonamides is 1. The van der Waals surface area contributed by atoms with E-state index >= 15 is 0 Å². The number of fused-ring (bicyclic) bond motifs is 1. The minimum absolute atomic E-state index is 0.253. The van der Waals surface area contributed by atoms with E-state index in [2.05, 4.69) is 19.6 Å². The summed E-state index contributed by atoms with van der Waals surface area (Å²) in [4.78, 5) is 11.5. The van der Waals surface area contributed by atoms with Crippen molar-refractivity contribution in [2.45, 2.75) is 31.6 Å². The van der Waals surface area contributed by atoms with Crippen molar-refractivity contribution in [1.82, 2.24) is 9.97 Å². The molecular weight excluding hydrogens is 360 g/mol. The molecule has 0 amide bonds. The van der Waals surface area contributed by atoms with Crippen LogP contribution in [0.5, 0.6) is 0 Å². The highest BCUT2D eigenvalue weighted by Crippen LogP contribution is 2.28. The maximum Gasteiger partial charge on any atom is 0.262 e. The van der Waals surface area contributed by atoms with Crippen LogP contribution in [0.25, 0.3) is 10.8 Å². The second-order valence-electron chi connectivity index (χ2n) is 6.85. The van der Waals surface area contributed by atoms with E-state index in [0.717, 1.165) is 31.3 Å². The smallest absolute Gasteiger partial charge is 0.262 e. The average Bonchev–Trinajstić information content (AvgIpc) is 3.19. The van der Waals surface area contributed by atoms with Gasteiger partial charge in [-0.1, -0.05) is 36.4 Å². The lowest BCUT2D eigenvalue weighted by Gasteiger charge is -2.19. The van der Waals surface area contributed by atoms with Gasteiger partial charge in [0.2, 0.25) is 5.95 Å². The molecular formula is C20H22N4O2S. The lowest BCUT2D eigenvalue weighted by atomic mass is 10.1. The molecule has 1 aliphatic heterocycles. The number of hydrogen-bond donors (Lipinski definition) is 1. The summed E-state index contributed by atoms with van der Waals surface area (Å²) in [6.07, 6.45) is 2.27. The largest absolute Gasteiger partial charge is 0.341 e. The number of benzene rings is 2. The first-order valence-electron chi connectivity index (χ1n) is 9.06. The van der Waals surface area contributed by atoms with E-state index < -0.39 is 10.0 Å². The van der Waals surface area contributed by atoms with E-state index in [1.807, 2.05) is 44.2 Å². The predicted molar refractivity (Wildman–Crippen MR) is 108 cm³/mol. The van der Waals surface area contributed by atoms with Gasteiger partial charge in [0, 0.05) is 18.5 Å². The van der Waals surface area contributed by atoms with Gasteiger partial charge in [0.1, 0.15) is 0 Å². The zero-order valence-corrected chi connectivity index (χ0v) is 16.3. The molecule has 0 spiro atoms. The SMILES string of the molecule is Cc1nc(N2CCCC2)nc(C)c1NS(=O)(=O)c1cccc2ccccc12. The van der Waals surface area contributed by atoms with Crippen LogP contribution in [0.4, 0.5) is 11.6 Å². The van der Waals surface area contributed by atoms with Gasteiger partial charge in [-0.25, -0.2) is 18.4 Å². The highest BCUT2D eigenvalue weighted by atomic mass is 32.2. The molecule has 0 atom stereocenters. The van der Waals surface area contributed by atoms with E-state index in [-0.39, 0.29) is 4.90 Å². The monoisotopic (exact) mass is 382 g/mol. The lowest BCUT2D eigenvalue weighted by Crippen LogP contribution is -2.22. The number of aromatic nitrogens is 2. The van der Waals surface area contributed by atoms with Gasteiger partial charge in [-0.05, 0) is 38.1 Å². The Morgan fingerprint density at radius 1 is 0.926 bits per heavy atom. The number of nitrogens with one attached hydrogen (secondary N) is 1. The fraction of sp³-hybridized carbons (Fsp3) is 0.300. The summed E-state index contributed by atoms with van der Waals surface area (Å²) < 4.78 is 28.9. The van der Waals surface area contributed by atoms with E-state index in [0.29, 0.717) is 28.4 Å². The minimum atomic E-state index is -3.76. The van der Waals surface area contributed by atoms with Crippen LogP contribution in [-0.4, -0.2) is 31.5 Å². The van der Waals surface area contributed by atoms with Crippen LogP contribution in [0.15, 0.2) is 47.4 Å². The summed E-state index contributed by atoms with van der Waals surface area (Å²) in [5.74, 6) is 0.676. The Morgan fingerprint density at radius 2 is 1.56 bits per heavy atom. The fourth-order valence-electron chi connectivity index (χ4n) is 3.52. The van der Waals surface area contributed by atoms with Gasteiger partial charge in [-0.2, -0.15) is 0 Å². The van der Waals surface area contributed by atoms with Crippen LogP contribution in [0, 0.1) is 13.8 Å². The molecule has 0 radical (unpaired) electrons. The van der Waals surface area contributed by atoms with E-state index in [4.69, 9.17) is 0 Å². The first-order valence-corrected chi connectivity index (χ1v) is 10.5. The molecule has 2 heterocycles. The number of hydrogen-bond acceptors (Lipinski definition) is 5. The zero-order chi connectivity index (χ0) is 19.0. The van der Waals surface area contributed by atoms with E-state index in [9.17, 15) is 8.42 Å². The fourth-order valence-corrected chi connectivity index (χ4v) is 4.93. The highest BCUT2D eigenvalue weighted by Gasteiger charge is 2.22. The molecule has 1 fully saturated rings. The Balaban J connectivity index is 1.72. The number of rotatable bonds is 4. The molecule has 1 aromatic heterocycles. The summed E-state index contributed by atoms with van der Waals surface area (Å²) >= 11 is 0. The molecule has 0 aliphatic carbocycles. The van der Waals surface area contributed by atoms with Gasteiger partial charge < -0.3 is 4.90 Å². The zero-order valence-electron chi connectivity index (χ0n) is 15.4. The number of aryl methyl sites for hydroxylation is 2. The first kappa shape index (κ1) is 17.7. The number of nitrogens with zero attached hydrogens (tertiary/aromatic N) is 3. The Bertz CT molecular complexity index is 1080. The molecule has 2 aromatic carbocycles. The highest BCUT2D eigenvalue weighted by molar-refractivity contribution is 7.93. The number of anilines is 2. The third-order valence-electron chi connectivity index (χ3n) is 4.92. The molecule has 140 valence electrons. The van der Waals surface area contributed by atoms with Gasteiger partial charge in [0.05, 0.1) is 22.0 Å². The van der Waals surface area contributed by atoms with Crippen molar-refractivity contribution in [3.63, 3.8) is 0 Å². The molecule has 1 saturated heterocycles. The average molecular weight is 382 g/mol. The van der Waals surface area contributed by atoms with Crippen molar-refractivity contribution in [3.8, 4) is 0 Å². The lowest BCUT2D eigenvalue weighted by molar-refractivity contribution is 0.602. The summed E-state index contributed by atoms with van der Waals surface area (Å²) in [6, 6.07) is 12.7. The maximum absolute atomic E-state index is 13.1. The Kier molecular flexibility index (Phi) is 4.47. The van der Waals surface area contributed by atoms with Gasteiger partial charge in [0.15, 0.2) is 0 Å². The van der Waals surface area contributed by atoms with Crippen LogP contribution in [0.1, 0.15) is 24.2 Å². The Labute approximate surface area is 159 Å². The molecule has 0 bridgehead atoms. The Hall–Kier alpha value is -2.67. The van der Waals surface area contributed by atoms with Crippen molar-refractivity contribution in [2.24, 2.45) is 0 Å². The van der Waals surface area contributed by atoms with Gasteiger partial charge in [-0.3, -0.25) is 4.72 Å². The van der Waals surface area contributed by atoms with Crippen LogP contribution in [0.2, 0.25) is 0 Å². The Morgan fingerprint density at radius 3 is 2.26 bits per heavy atom. The standard InChI is InChI=1S/C20H22N4O2S/c1-14-19(15(2)22-20(21-14)24-12-5-6-13-24)23-27(25,26)18-11-7-9-16-8-3-4-10-17(16)18/h3-4,7-11,23H,5-6,12-13H2,1-2H3. The molecule has 3 aromatic rings. The summed E-state index contributed by atoms with van der Waals surface area (Å²) in [5.41, 5.74) is 1.72. The van der Waals surface area contributed by atoms with E-state index in [1.165, 1.54) is 0 Å². The third-order valence-corrected chi connectivity index (χ3v) is 6.33. The van der Waals surface area contributed by atoms with Crippen LogP contribution < -0.4 is 9.62 Å². The maximum atomic E-state index is 13.1. The van der Waals surface area contributed by atoms with Crippen molar-refractivity contribution in [1.29, 1.82) is 0 Å². The molecule has 1 N–H and O–H groups in total. The minimum Gasteiger partial charge on any atom is -0.341 e. The second kappa shape index (κ2) is 6.81. The van der Waals surface area contributed by atoms with Crippen LogP contribution in [-0.2, 0) is 10.0 Å². The van der Waals surface area contributed by atoms with Crippen LogP contribution in [0.3, 0.4) is 0 Å². The normalized spacial score (nSPS) is 14.7. The topological polar surface area (TPSA) is 75.2 Å². The van der Waals surface area contributed by atoms with Crippen molar-refractivity contribution < 1.29 is 8.42 Å². The third kappa shape index (κ3) is 3.35. The van der Waals surface area contributed by atoms with Crippen molar-refractivity contribution >= 4 is 32.4 Å². The van der Waals surface area contributed by atoms with Crippen molar-refractivity contribution in [2.75, 3.05) is 22.7 Å². The second-order valence-corrected chi connectivity index (χ2v) is 8.50. The molecule has 7 heteroatoms. The molecule has 6 nitrogen and oxygen atoms in total. The molecule has 4 rings (SSSR count). The molecule has 1 aliphatic rings. The molecule has 0 saturated carbocycles. The van der Waals surface area contributed by atoms with E-state index in [1.54, 1.807) is 12.1 Å². The quantitative estimate of drug-likeness (QED) is 0.745. The van der Waals surface area contributed by atoms with Crippen molar-refractivity contribution in [3.05, 3.63) is 53.9 Å².